The Morgan fingerprint density at radius 2 is 1.91 bits per heavy atom. The van der Waals surface area contributed by atoms with E-state index in [9.17, 15) is 0 Å². The maximum absolute atomic E-state index is 5.13. The van der Waals surface area contributed by atoms with Crippen LogP contribution in [0.1, 0.15) is 19.4 Å². The molecule has 0 aromatic heterocycles. The van der Waals surface area contributed by atoms with Crippen molar-refractivity contribution >= 4 is 29.9 Å². The second-order valence-electron chi connectivity index (χ2n) is 5.70. The number of nitrogens with zero attached hydrogens (tertiary/aromatic N) is 2. The van der Waals surface area contributed by atoms with Gasteiger partial charge in [-0.3, -0.25) is 9.89 Å². The smallest absolute Gasteiger partial charge is 0.191 e. The minimum atomic E-state index is 0. The second kappa shape index (κ2) is 12.5. The first kappa shape index (κ1) is 22.1. The van der Waals surface area contributed by atoms with Gasteiger partial charge in [0.05, 0.1) is 6.61 Å². The van der Waals surface area contributed by atoms with E-state index in [0.717, 1.165) is 19.0 Å². The molecule has 2 N–H and O–H groups in total. The summed E-state index contributed by atoms with van der Waals surface area (Å²) in [5.74, 6) is 0.810. The van der Waals surface area contributed by atoms with E-state index in [1.54, 1.807) is 14.2 Å². The van der Waals surface area contributed by atoms with Gasteiger partial charge in [0, 0.05) is 39.3 Å². The van der Waals surface area contributed by atoms with Gasteiger partial charge in [0.2, 0.25) is 0 Å². The van der Waals surface area contributed by atoms with Gasteiger partial charge < -0.3 is 15.4 Å². The van der Waals surface area contributed by atoms with Gasteiger partial charge in [-0.15, -0.1) is 24.0 Å². The van der Waals surface area contributed by atoms with Crippen LogP contribution in [0.3, 0.4) is 0 Å². The number of guanidine groups is 1. The van der Waals surface area contributed by atoms with Gasteiger partial charge in [-0.2, -0.15) is 0 Å². The quantitative estimate of drug-likeness (QED) is 0.375. The topological polar surface area (TPSA) is 48.9 Å². The zero-order valence-electron chi connectivity index (χ0n) is 14.9. The number of rotatable bonds is 8. The highest BCUT2D eigenvalue weighted by Crippen LogP contribution is 2.05. The van der Waals surface area contributed by atoms with Gasteiger partial charge in [-0.25, -0.2) is 0 Å². The van der Waals surface area contributed by atoms with Crippen molar-refractivity contribution in [3.05, 3.63) is 35.9 Å². The minimum Gasteiger partial charge on any atom is -0.383 e. The molecular formula is C17H31IN4O. The summed E-state index contributed by atoms with van der Waals surface area (Å²) in [5.41, 5.74) is 1.33. The highest BCUT2D eigenvalue weighted by atomic mass is 127. The standard InChI is InChI=1S/C17H30N4O.HI/c1-14(13-22-5)20-17(18-3)19-11-15(2)21(4)12-16-9-7-6-8-10-16;/h6-10,14-15H,11-13H2,1-5H3,(H2,18,19,20);1H. The van der Waals surface area contributed by atoms with Crippen LogP contribution in [0, 0.1) is 0 Å². The van der Waals surface area contributed by atoms with E-state index in [2.05, 4.69) is 65.7 Å². The molecule has 5 nitrogen and oxygen atoms in total. The summed E-state index contributed by atoms with van der Waals surface area (Å²) in [6, 6.07) is 11.1. The molecule has 0 bridgehead atoms. The molecule has 2 atom stereocenters. The first-order valence-corrected chi connectivity index (χ1v) is 7.77. The Balaban J connectivity index is 0.00000484. The van der Waals surface area contributed by atoms with Crippen LogP contribution < -0.4 is 10.6 Å². The average Bonchev–Trinajstić information content (AvgIpc) is 2.52. The number of hydrogen-bond acceptors (Lipinski definition) is 3. The van der Waals surface area contributed by atoms with Gasteiger partial charge in [-0.1, -0.05) is 30.3 Å². The molecule has 2 unspecified atom stereocenters. The van der Waals surface area contributed by atoms with E-state index in [0.29, 0.717) is 12.6 Å². The number of halogens is 1. The van der Waals surface area contributed by atoms with Gasteiger partial charge in [0.1, 0.15) is 0 Å². The molecule has 1 rings (SSSR count). The van der Waals surface area contributed by atoms with Gasteiger partial charge in [0.25, 0.3) is 0 Å². The monoisotopic (exact) mass is 434 g/mol. The van der Waals surface area contributed by atoms with E-state index in [4.69, 9.17) is 4.74 Å². The third kappa shape index (κ3) is 9.12. The second-order valence-corrected chi connectivity index (χ2v) is 5.70. The van der Waals surface area contributed by atoms with Crippen LogP contribution in [-0.4, -0.2) is 57.3 Å². The Kier molecular flexibility index (Phi) is 12.1. The molecule has 0 aliphatic carbocycles. The van der Waals surface area contributed by atoms with Crippen LogP contribution in [0.2, 0.25) is 0 Å². The van der Waals surface area contributed by atoms with E-state index >= 15 is 0 Å². The third-order valence-corrected chi connectivity index (χ3v) is 3.62. The zero-order valence-corrected chi connectivity index (χ0v) is 17.2. The summed E-state index contributed by atoms with van der Waals surface area (Å²) >= 11 is 0. The van der Waals surface area contributed by atoms with E-state index in [-0.39, 0.29) is 30.0 Å². The predicted molar refractivity (Wildman–Crippen MR) is 109 cm³/mol. The molecule has 0 heterocycles. The molecule has 0 saturated heterocycles. The largest absolute Gasteiger partial charge is 0.383 e. The van der Waals surface area contributed by atoms with Crippen molar-refractivity contribution in [3.63, 3.8) is 0 Å². The lowest BCUT2D eigenvalue weighted by Crippen LogP contribution is -2.48. The lowest BCUT2D eigenvalue weighted by molar-refractivity contribution is 0.178. The molecule has 0 saturated carbocycles. The number of hydrogen-bond donors (Lipinski definition) is 2. The van der Waals surface area contributed by atoms with Crippen molar-refractivity contribution in [2.75, 3.05) is 34.4 Å². The first-order chi connectivity index (χ1) is 10.6. The van der Waals surface area contributed by atoms with Crippen molar-refractivity contribution < 1.29 is 4.74 Å². The summed E-state index contributed by atoms with van der Waals surface area (Å²) in [5, 5.41) is 6.67. The molecule has 0 radical (unpaired) electrons. The molecule has 0 aliphatic rings. The summed E-state index contributed by atoms with van der Waals surface area (Å²) in [7, 11) is 5.63. The molecule has 23 heavy (non-hydrogen) atoms. The number of aliphatic imine (C=N–C) groups is 1. The minimum absolute atomic E-state index is 0. The molecule has 0 aliphatic heterocycles. The SMILES string of the molecule is CN=C(NCC(C)N(C)Cc1ccccc1)NC(C)COC.I. The molecule has 1 aromatic rings. The predicted octanol–water partition coefficient (Wildman–Crippen LogP) is 2.32. The van der Waals surface area contributed by atoms with Gasteiger partial charge >= 0.3 is 0 Å². The van der Waals surface area contributed by atoms with Crippen LogP contribution in [0.25, 0.3) is 0 Å². The molecule has 1 aromatic carbocycles. The molecular weight excluding hydrogens is 403 g/mol. The molecule has 0 fully saturated rings. The van der Waals surface area contributed by atoms with Gasteiger partial charge in [0.15, 0.2) is 5.96 Å². The van der Waals surface area contributed by atoms with E-state index in [1.165, 1.54) is 5.56 Å². The van der Waals surface area contributed by atoms with Crippen LogP contribution >= 0.6 is 24.0 Å². The molecule has 6 heteroatoms. The highest BCUT2D eigenvalue weighted by molar-refractivity contribution is 14.0. The summed E-state index contributed by atoms with van der Waals surface area (Å²) < 4.78 is 5.13. The van der Waals surface area contributed by atoms with Gasteiger partial charge in [-0.05, 0) is 26.5 Å². The van der Waals surface area contributed by atoms with Crippen molar-refractivity contribution in [1.29, 1.82) is 0 Å². The fraction of sp³-hybridized carbons (Fsp3) is 0.588. The van der Waals surface area contributed by atoms with Crippen molar-refractivity contribution in [2.24, 2.45) is 4.99 Å². The summed E-state index contributed by atoms with van der Waals surface area (Å²) in [6.45, 7) is 6.71. The van der Waals surface area contributed by atoms with Crippen LogP contribution in [0.4, 0.5) is 0 Å². The first-order valence-electron chi connectivity index (χ1n) is 7.77. The normalized spacial score (nSPS) is 14.1. The Hall–Kier alpha value is -0.860. The number of nitrogens with one attached hydrogen (secondary N) is 2. The van der Waals surface area contributed by atoms with Crippen molar-refractivity contribution in [1.82, 2.24) is 15.5 Å². The summed E-state index contributed by atoms with van der Waals surface area (Å²) in [6.07, 6.45) is 0. The van der Waals surface area contributed by atoms with Crippen molar-refractivity contribution in [3.8, 4) is 0 Å². The van der Waals surface area contributed by atoms with Crippen LogP contribution in [-0.2, 0) is 11.3 Å². The number of methoxy groups -OCH3 is 1. The van der Waals surface area contributed by atoms with E-state index in [1.807, 2.05) is 6.07 Å². The molecule has 0 spiro atoms. The number of ether oxygens (including phenoxy) is 1. The lowest BCUT2D eigenvalue weighted by atomic mass is 10.2. The van der Waals surface area contributed by atoms with Crippen LogP contribution in [0.5, 0.6) is 0 Å². The number of benzene rings is 1. The Labute approximate surface area is 157 Å². The number of likely N-dealkylation sites (N-methyl/N-ethyl adjacent to an activating group) is 1. The lowest BCUT2D eigenvalue weighted by Gasteiger charge is -2.26. The average molecular weight is 434 g/mol. The molecule has 132 valence electrons. The maximum Gasteiger partial charge on any atom is 0.191 e. The fourth-order valence-corrected chi connectivity index (χ4v) is 2.15. The van der Waals surface area contributed by atoms with E-state index < -0.39 is 0 Å². The Morgan fingerprint density at radius 1 is 1.26 bits per heavy atom. The van der Waals surface area contributed by atoms with Crippen molar-refractivity contribution in [2.45, 2.75) is 32.5 Å². The Bertz CT molecular complexity index is 441. The Morgan fingerprint density at radius 3 is 2.48 bits per heavy atom. The zero-order chi connectivity index (χ0) is 16.4. The maximum atomic E-state index is 5.13. The third-order valence-electron chi connectivity index (χ3n) is 3.62. The fourth-order valence-electron chi connectivity index (χ4n) is 2.15. The van der Waals surface area contributed by atoms with Crippen LogP contribution in [0.15, 0.2) is 35.3 Å². The summed E-state index contributed by atoms with van der Waals surface area (Å²) in [4.78, 5) is 6.57. The molecule has 0 amide bonds. The highest BCUT2D eigenvalue weighted by Gasteiger charge is 2.11.